The van der Waals surface area contributed by atoms with Crippen LogP contribution in [0.4, 0.5) is 0 Å². The second-order valence-corrected chi connectivity index (χ2v) is 9.31. The van der Waals surface area contributed by atoms with Gasteiger partial charge in [-0.3, -0.25) is 20.4 Å². The molecule has 28 heavy (non-hydrogen) atoms. The second-order valence-electron chi connectivity index (χ2n) is 7.37. The van der Waals surface area contributed by atoms with E-state index in [1.54, 1.807) is 0 Å². The molecule has 150 valence electrons. The van der Waals surface area contributed by atoms with Crippen molar-refractivity contribution < 1.29 is 22.7 Å². The Morgan fingerprint density at radius 3 is 2.54 bits per heavy atom. The smallest absolute Gasteiger partial charge is 0.269 e. The van der Waals surface area contributed by atoms with Crippen LogP contribution < -0.4 is 10.9 Å². The van der Waals surface area contributed by atoms with E-state index in [0.717, 1.165) is 12.8 Å². The zero-order valence-electron chi connectivity index (χ0n) is 15.3. The maximum Gasteiger partial charge on any atom is 0.269 e. The summed E-state index contributed by atoms with van der Waals surface area (Å²) in [6.45, 7) is 1.27. The Kier molecular flexibility index (Phi) is 5.22. The van der Waals surface area contributed by atoms with Gasteiger partial charge in [-0.1, -0.05) is 18.2 Å². The number of ether oxygens (including phenoxy) is 1. The average Bonchev–Trinajstić information content (AvgIpc) is 3.36. The number of morpholine rings is 1. The summed E-state index contributed by atoms with van der Waals surface area (Å²) in [6, 6.07) is 5.82. The monoisotopic (exact) mass is 405 g/mol. The fourth-order valence-corrected chi connectivity index (χ4v) is 5.55. The standard InChI is InChI=1S/C19H23N3O5S/c23-18(20-21-19(24)17-11-13-4-5-14(17)10-13)15-2-1-3-16(12-15)28(25,26)22-6-8-27-9-7-22/h1-5,12-14,17H,6-11H2,(H,20,23)(H,21,24)/t13-,14-,17-/m1/s1. The zero-order valence-corrected chi connectivity index (χ0v) is 16.2. The first kappa shape index (κ1) is 19.1. The Labute approximate surface area is 163 Å². The molecule has 2 fully saturated rings. The number of hydrazine groups is 1. The summed E-state index contributed by atoms with van der Waals surface area (Å²) in [7, 11) is -3.69. The number of nitrogens with zero attached hydrogens (tertiary/aromatic N) is 1. The molecule has 3 aliphatic rings. The van der Waals surface area contributed by atoms with Crippen LogP contribution in [0.2, 0.25) is 0 Å². The molecule has 1 saturated heterocycles. The van der Waals surface area contributed by atoms with Crippen molar-refractivity contribution >= 4 is 21.8 Å². The summed E-state index contributed by atoms with van der Waals surface area (Å²) in [6.07, 6.45) is 6.01. The molecule has 2 aliphatic carbocycles. The Morgan fingerprint density at radius 1 is 1.07 bits per heavy atom. The van der Waals surface area contributed by atoms with Crippen molar-refractivity contribution in [2.24, 2.45) is 17.8 Å². The van der Waals surface area contributed by atoms with Crippen LogP contribution in [0, 0.1) is 17.8 Å². The molecule has 8 nitrogen and oxygen atoms in total. The normalized spacial score (nSPS) is 26.9. The summed E-state index contributed by atoms with van der Waals surface area (Å²) in [5.74, 6) is -0.181. The largest absolute Gasteiger partial charge is 0.379 e. The number of rotatable bonds is 4. The molecule has 1 saturated carbocycles. The predicted molar refractivity (Wildman–Crippen MR) is 100 cm³/mol. The first-order chi connectivity index (χ1) is 13.4. The number of sulfonamides is 1. The number of benzene rings is 1. The second kappa shape index (κ2) is 7.65. The third kappa shape index (κ3) is 3.69. The number of fused-ring (bicyclic) bond motifs is 2. The van der Waals surface area contributed by atoms with Crippen LogP contribution in [-0.4, -0.2) is 50.8 Å². The Hall–Kier alpha value is -2.23. The van der Waals surface area contributed by atoms with Crippen LogP contribution in [0.1, 0.15) is 23.2 Å². The van der Waals surface area contributed by atoms with Crippen LogP contribution in [0.5, 0.6) is 0 Å². The molecule has 0 aromatic heterocycles. The van der Waals surface area contributed by atoms with Gasteiger partial charge in [-0.05, 0) is 42.9 Å². The van der Waals surface area contributed by atoms with Gasteiger partial charge < -0.3 is 4.74 Å². The quantitative estimate of drug-likeness (QED) is 0.566. The van der Waals surface area contributed by atoms with E-state index in [9.17, 15) is 18.0 Å². The van der Waals surface area contributed by atoms with Crippen molar-refractivity contribution in [3.05, 3.63) is 42.0 Å². The lowest BCUT2D eigenvalue weighted by Gasteiger charge is -2.26. The molecule has 0 spiro atoms. The van der Waals surface area contributed by atoms with Gasteiger partial charge in [0, 0.05) is 24.6 Å². The topological polar surface area (TPSA) is 105 Å². The molecule has 1 aromatic carbocycles. The van der Waals surface area contributed by atoms with Gasteiger partial charge in [0.2, 0.25) is 15.9 Å². The van der Waals surface area contributed by atoms with E-state index in [1.165, 1.54) is 28.6 Å². The number of allylic oxidation sites excluding steroid dienone is 2. The minimum atomic E-state index is -3.69. The van der Waals surface area contributed by atoms with E-state index in [1.807, 2.05) is 0 Å². The van der Waals surface area contributed by atoms with E-state index >= 15 is 0 Å². The minimum absolute atomic E-state index is 0.0478. The van der Waals surface area contributed by atoms with Gasteiger partial charge in [0.25, 0.3) is 5.91 Å². The van der Waals surface area contributed by atoms with Crippen LogP contribution in [0.15, 0.2) is 41.3 Å². The first-order valence-corrected chi connectivity index (χ1v) is 10.9. The van der Waals surface area contributed by atoms with Crippen molar-refractivity contribution in [2.75, 3.05) is 26.3 Å². The number of carbonyl (C=O) groups is 2. The van der Waals surface area contributed by atoms with Crippen molar-refractivity contribution in [1.29, 1.82) is 0 Å². The van der Waals surface area contributed by atoms with Crippen LogP contribution in [-0.2, 0) is 19.6 Å². The van der Waals surface area contributed by atoms with Gasteiger partial charge in [0.05, 0.1) is 18.1 Å². The van der Waals surface area contributed by atoms with Gasteiger partial charge in [-0.25, -0.2) is 8.42 Å². The maximum absolute atomic E-state index is 12.7. The highest BCUT2D eigenvalue weighted by Crippen LogP contribution is 2.43. The summed E-state index contributed by atoms with van der Waals surface area (Å²) in [5.41, 5.74) is 5.05. The van der Waals surface area contributed by atoms with Crippen molar-refractivity contribution in [3.63, 3.8) is 0 Å². The third-order valence-electron chi connectivity index (χ3n) is 5.62. The molecule has 9 heteroatoms. The van der Waals surface area contributed by atoms with Gasteiger partial charge in [-0.2, -0.15) is 4.31 Å². The number of hydrogen-bond acceptors (Lipinski definition) is 5. The zero-order chi connectivity index (χ0) is 19.7. The molecule has 0 radical (unpaired) electrons. The van der Waals surface area contributed by atoms with Crippen LogP contribution >= 0.6 is 0 Å². The number of carbonyl (C=O) groups excluding carboxylic acids is 2. The Bertz CT molecular complexity index is 908. The van der Waals surface area contributed by atoms with Crippen molar-refractivity contribution in [1.82, 2.24) is 15.2 Å². The highest BCUT2D eigenvalue weighted by molar-refractivity contribution is 7.89. The number of hydrogen-bond donors (Lipinski definition) is 2. The van der Waals surface area contributed by atoms with Crippen molar-refractivity contribution in [3.8, 4) is 0 Å². The molecular weight excluding hydrogens is 382 g/mol. The van der Waals surface area contributed by atoms with Crippen molar-refractivity contribution in [2.45, 2.75) is 17.7 Å². The fraction of sp³-hybridized carbons (Fsp3) is 0.474. The molecule has 1 aliphatic heterocycles. The van der Waals surface area contributed by atoms with E-state index in [-0.39, 0.29) is 41.3 Å². The Balaban J connectivity index is 1.40. The molecule has 2 amide bonds. The lowest BCUT2D eigenvalue weighted by atomic mass is 9.93. The minimum Gasteiger partial charge on any atom is -0.379 e. The molecule has 1 heterocycles. The van der Waals surface area contributed by atoms with E-state index in [2.05, 4.69) is 23.0 Å². The molecule has 1 aromatic rings. The summed E-state index contributed by atoms with van der Waals surface area (Å²) >= 11 is 0. The molecule has 2 bridgehead atoms. The molecular formula is C19H23N3O5S. The summed E-state index contributed by atoms with van der Waals surface area (Å²) in [4.78, 5) is 24.8. The Morgan fingerprint density at radius 2 is 1.86 bits per heavy atom. The molecule has 2 N–H and O–H groups in total. The summed E-state index contributed by atoms with van der Waals surface area (Å²) < 4.78 is 32.0. The van der Waals surface area contributed by atoms with Gasteiger partial charge in [-0.15, -0.1) is 0 Å². The van der Waals surface area contributed by atoms with Gasteiger partial charge in [0.15, 0.2) is 0 Å². The van der Waals surface area contributed by atoms with Crippen LogP contribution in [0.25, 0.3) is 0 Å². The molecule has 4 rings (SSSR count). The van der Waals surface area contributed by atoms with Gasteiger partial charge >= 0.3 is 0 Å². The third-order valence-corrected chi connectivity index (χ3v) is 7.51. The van der Waals surface area contributed by atoms with Gasteiger partial charge in [0.1, 0.15) is 0 Å². The highest BCUT2D eigenvalue weighted by atomic mass is 32.2. The maximum atomic E-state index is 12.7. The van der Waals surface area contributed by atoms with E-state index < -0.39 is 15.9 Å². The summed E-state index contributed by atoms with van der Waals surface area (Å²) in [5, 5.41) is 0. The first-order valence-electron chi connectivity index (χ1n) is 9.41. The fourth-order valence-electron chi connectivity index (χ4n) is 4.10. The SMILES string of the molecule is O=C(NNC(=O)[C@@H]1C[C@@H]2C=C[C@@H]1C2)c1cccc(S(=O)(=O)N2CCOCC2)c1. The highest BCUT2D eigenvalue weighted by Gasteiger charge is 2.39. The van der Waals surface area contributed by atoms with Crippen LogP contribution in [0.3, 0.4) is 0 Å². The molecule has 0 unspecified atom stereocenters. The lowest BCUT2D eigenvalue weighted by molar-refractivity contribution is -0.126. The number of nitrogens with one attached hydrogen (secondary N) is 2. The number of amides is 2. The molecule has 3 atom stereocenters. The lowest BCUT2D eigenvalue weighted by Crippen LogP contribution is -2.45. The predicted octanol–water partition coefficient (Wildman–Crippen LogP) is 0.681. The average molecular weight is 405 g/mol. The van der Waals surface area contributed by atoms with E-state index in [0.29, 0.717) is 19.1 Å². The van der Waals surface area contributed by atoms with E-state index in [4.69, 9.17) is 4.74 Å².